The fourth-order valence-electron chi connectivity index (χ4n) is 4.47. The first-order valence-electron chi connectivity index (χ1n) is 11.3. The Morgan fingerprint density at radius 2 is 1.51 bits per heavy atom. The molecule has 0 saturated carbocycles. The average molecular weight is 475 g/mol. The van der Waals surface area contributed by atoms with Gasteiger partial charge in [-0.3, -0.25) is 14.3 Å². The minimum Gasteiger partial charge on any atom is -0.335 e. The zero-order chi connectivity index (χ0) is 24.7. The molecule has 0 N–H and O–H groups in total. The van der Waals surface area contributed by atoms with Crippen LogP contribution in [-0.2, 0) is 7.05 Å². The van der Waals surface area contributed by atoms with E-state index in [0.717, 1.165) is 17.7 Å². The van der Waals surface area contributed by atoms with Crippen LogP contribution >= 0.6 is 0 Å². The van der Waals surface area contributed by atoms with Crippen LogP contribution in [0.4, 0.5) is 8.78 Å². The first kappa shape index (κ1) is 22.6. The highest BCUT2D eigenvalue weighted by Crippen LogP contribution is 2.28. The smallest absolute Gasteiger partial charge is 0.254 e. The topological polar surface area (TPSA) is 71.3 Å². The van der Waals surface area contributed by atoms with E-state index < -0.39 is 17.5 Å². The lowest BCUT2D eigenvalue weighted by Crippen LogP contribution is -2.50. The molecule has 0 spiro atoms. The predicted octanol–water partition coefficient (Wildman–Crippen LogP) is 3.82. The van der Waals surface area contributed by atoms with Crippen molar-refractivity contribution in [3.63, 3.8) is 0 Å². The van der Waals surface area contributed by atoms with Crippen LogP contribution in [0.25, 0.3) is 22.3 Å². The number of pyridine rings is 1. The number of rotatable bonds is 3. The first-order chi connectivity index (χ1) is 16.8. The Bertz CT molecular complexity index is 1440. The molecule has 1 aliphatic rings. The molecule has 4 aromatic rings. The summed E-state index contributed by atoms with van der Waals surface area (Å²) in [7, 11) is 1.80. The Balaban J connectivity index is 1.41. The number of piperazine rings is 1. The maximum Gasteiger partial charge on any atom is 0.254 e. The van der Waals surface area contributed by atoms with Crippen molar-refractivity contribution in [1.29, 1.82) is 0 Å². The van der Waals surface area contributed by atoms with Crippen LogP contribution in [0.15, 0.2) is 54.6 Å². The van der Waals surface area contributed by atoms with Gasteiger partial charge in [0, 0.05) is 44.4 Å². The van der Waals surface area contributed by atoms with Gasteiger partial charge in [0.05, 0.1) is 22.3 Å². The summed E-state index contributed by atoms with van der Waals surface area (Å²) in [6.45, 7) is 3.06. The summed E-state index contributed by atoms with van der Waals surface area (Å²) < 4.78 is 28.5. The Morgan fingerprint density at radius 1 is 0.857 bits per heavy atom. The third-order valence-electron chi connectivity index (χ3n) is 6.29. The van der Waals surface area contributed by atoms with Crippen molar-refractivity contribution in [3.05, 3.63) is 83.1 Å². The molecule has 2 amide bonds. The molecule has 2 aromatic heterocycles. The zero-order valence-electron chi connectivity index (χ0n) is 19.3. The van der Waals surface area contributed by atoms with Gasteiger partial charge in [0.2, 0.25) is 0 Å². The van der Waals surface area contributed by atoms with Crippen molar-refractivity contribution in [2.24, 2.45) is 7.05 Å². The molecule has 2 aromatic carbocycles. The van der Waals surface area contributed by atoms with Crippen LogP contribution in [0.3, 0.4) is 0 Å². The second-order valence-corrected chi connectivity index (χ2v) is 8.54. The average Bonchev–Trinajstić information content (AvgIpc) is 3.18. The van der Waals surface area contributed by atoms with Crippen LogP contribution in [0.2, 0.25) is 0 Å². The molecule has 178 valence electrons. The van der Waals surface area contributed by atoms with Crippen molar-refractivity contribution >= 4 is 22.8 Å². The van der Waals surface area contributed by atoms with E-state index in [9.17, 15) is 18.4 Å². The van der Waals surface area contributed by atoms with Gasteiger partial charge >= 0.3 is 0 Å². The van der Waals surface area contributed by atoms with Gasteiger partial charge in [-0.1, -0.05) is 30.3 Å². The predicted molar refractivity (Wildman–Crippen MR) is 127 cm³/mol. The lowest BCUT2D eigenvalue weighted by molar-refractivity contribution is 0.0536. The Kier molecular flexibility index (Phi) is 5.76. The number of carbonyl (C=O) groups excluding carboxylic acids is 2. The summed E-state index contributed by atoms with van der Waals surface area (Å²) in [5, 5.41) is 5.17. The van der Waals surface area contributed by atoms with E-state index in [-0.39, 0.29) is 24.6 Å². The quantitative estimate of drug-likeness (QED) is 0.452. The molecule has 5 rings (SSSR count). The van der Waals surface area contributed by atoms with Crippen LogP contribution in [0.1, 0.15) is 26.4 Å². The van der Waals surface area contributed by atoms with Crippen LogP contribution in [-0.4, -0.2) is 62.6 Å². The normalized spacial score (nSPS) is 13.9. The Morgan fingerprint density at radius 3 is 2.17 bits per heavy atom. The van der Waals surface area contributed by atoms with Gasteiger partial charge in [-0.25, -0.2) is 13.8 Å². The van der Waals surface area contributed by atoms with Gasteiger partial charge in [-0.2, -0.15) is 5.10 Å². The van der Waals surface area contributed by atoms with Crippen LogP contribution in [0, 0.1) is 18.6 Å². The van der Waals surface area contributed by atoms with Crippen LogP contribution in [0.5, 0.6) is 0 Å². The van der Waals surface area contributed by atoms with E-state index in [1.807, 2.05) is 37.3 Å². The SMILES string of the molecule is Cc1nn(C)c2nc(-c3ccccc3)cc(C(=O)N3CCN(C(=O)c4ccc(F)c(F)c4)CC3)c12. The summed E-state index contributed by atoms with van der Waals surface area (Å²) >= 11 is 0. The molecule has 1 aliphatic heterocycles. The fraction of sp³-hybridized carbons (Fsp3) is 0.231. The summed E-state index contributed by atoms with van der Waals surface area (Å²) in [5.74, 6) is -2.61. The number of carbonyl (C=O) groups is 2. The van der Waals surface area contributed by atoms with Crippen molar-refractivity contribution in [3.8, 4) is 11.3 Å². The largest absolute Gasteiger partial charge is 0.335 e. The summed E-state index contributed by atoms with van der Waals surface area (Å²) in [5.41, 5.74) is 3.50. The lowest BCUT2D eigenvalue weighted by Gasteiger charge is -2.35. The number of amides is 2. The highest BCUT2D eigenvalue weighted by Gasteiger charge is 2.28. The van der Waals surface area contributed by atoms with Gasteiger partial charge in [0.25, 0.3) is 11.8 Å². The van der Waals surface area contributed by atoms with Crippen LogP contribution < -0.4 is 0 Å². The zero-order valence-corrected chi connectivity index (χ0v) is 19.3. The lowest BCUT2D eigenvalue weighted by atomic mass is 10.0. The minimum atomic E-state index is -1.06. The van der Waals surface area contributed by atoms with Gasteiger partial charge in [0.1, 0.15) is 0 Å². The summed E-state index contributed by atoms with van der Waals surface area (Å²) in [6.07, 6.45) is 0. The van der Waals surface area contributed by atoms with Crippen molar-refractivity contribution in [2.75, 3.05) is 26.2 Å². The molecular formula is C26H23F2N5O2. The second-order valence-electron chi connectivity index (χ2n) is 8.54. The van der Waals surface area contributed by atoms with Gasteiger partial charge in [0.15, 0.2) is 17.3 Å². The maximum atomic E-state index is 13.7. The van der Waals surface area contributed by atoms with E-state index in [1.165, 1.54) is 6.07 Å². The number of hydrogen-bond acceptors (Lipinski definition) is 4. The van der Waals surface area contributed by atoms with Crippen molar-refractivity contribution in [2.45, 2.75) is 6.92 Å². The van der Waals surface area contributed by atoms with Gasteiger partial charge in [-0.15, -0.1) is 0 Å². The monoisotopic (exact) mass is 475 g/mol. The number of benzene rings is 2. The van der Waals surface area contributed by atoms with Crippen molar-refractivity contribution in [1.82, 2.24) is 24.6 Å². The van der Waals surface area contributed by atoms with Gasteiger partial charge < -0.3 is 9.80 Å². The molecule has 35 heavy (non-hydrogen) atoms. The van der Waals surface area contributed by atoms with E-state index in [4.69, 9.17) is 4.98 Å². The molecule has 0 radical (unpaired) electrons. The Labute approximate surface area is 200 Å². The molecule has 0 bridgehead atoms. The number of hydrogen-bond donors (Lipinski definition) is 0. The van der Waals surface area contributed by atoms with Crippen molar-refractivity contribution < 1.29 is 18.4 Å². The molecule has 9 heteroatoms. The molecular weight excluding hydrogens is 452 g/mol. The standard InChI is InChI=1S/C26H23F2N5O2/c1-16-23-19(15-22(17-6-4-3-5-7-17)29-24(23)31(2)30-16)26(35)33-12-10-32(11-13-33)25(34)18-8-9-20(27)21(28)14-18/h3-9,14-15H,10-13H2,1-2H3. The molecule has 0 aliphatic carbocycles. The third-order valence-corrected chi connectivity index (χ3v) is 6.29. The number of halogens is 2. The summed E-state index contributed by atoms with van der Waals surface area (Å²) in [6, 6.07) is 14.5. The molecule has 0 unspecified atom stereocenters. The van der Waals surface area contributed by atoms with E-state index in [2.05, 4.69) is 5.10 Å². The molecule has 3 heterocycles. The van der Waals surface area contributed by atoms with E-state index >= 15 is 0 Å². The first-order valence-corrected chi connectivity index (χ1v) is 11.3. The maximum absolute atomic E-state index is 13.7. The minimum absolute atomic E-state index is 0.0815. The van der Waals surface area contributed by atoms with E-state index in [0.29, 0.717) is 41.1 Å². The number of fused-ring (bicyclic) bond motifs is 1. The highest BCUT2D eigenvalue weighted by molar-refractivity contribution is 6.07. The highest BCUT2D eigenvalue weighted by atomic mass is 19.2. The second kappa shape index (κ2) is 8.90. The number of aromatic nitrogens is 3. The Hall–Kier alpha value is -4.14. The molecule has 1 fully saturated rings. The molecule has 7 nitrogen and oxygen atoms in total. The number of nitrogens with zero attached hydrogens (tertiary/aromatic N) is 5. The summed E-state index contributed by atoms with van der Waals surface area (Å²) in [4.78, 5) is 34.4. The van der Waals surface area contributed by atoms with E-state index in [1.54, 1.807) is 27.6 Å². The van der Waals surface area contributed by atoms with Gasteiger partial charge in [-0.05, 0) is 31.2 Å². The fourth-order valence-corrected chi connectivity index (χ4v) is 4.47. The molecule has 0 atom stereocenters. The third kappa shape index (κ3) is 4.14. The molecule has 1 saturated heterocycles. The number of aryl methyl sites for hydroxylation is 2.